The minimum Gasteiger partial charge on any atom is -0.481 e. The Morgan fingerprint density at radius 3 is 2.52 bits per heavy atom. The van der Waals surface area contributed by atoms with Gasteiger partial charge in [0.25, 0.3) is 0 Å². The first-order valence-electron chi connectivity index (χ1n) is 9.56. The fourth-order valence-electron chi connectivity index (χ4n) is 3.45. The highest BCUT2D eigenvalue weighted by Crippen LogP contribution is 2.19. The molecule has 0 bridgehead atoms. The Morgan fingerprint density at radius 1 is 1.11 bits per heavy atom. The fourth-order valence-corrected chi connectivity index (χ4v) is 3.45. The molecule has 1 aliphatic heterocycles. The fraction of sp³-hybridized carbons (Fsp3) is 0.348. The highest BCUT2D eigenvalue weighted by molar-refractivity contribution is 5.82. The smallest absolute Gasteiger partial charge is 0.307 e. The zero-order valence-electron chi connectivity index (χ0n) is 15.6. The quantitative estimate of drug-likeness (QED) is 0.567. The Bertz CT molecular complexity index is 743. The summed E-state index contributed by atoms with van der Waals surface area (Å²) in [5, 5.41) is 9.20. The number of rotatable bonds is 8. The molecule has 1 saturated heterocycles. The van der Waals surface area contributed by atoms with Crippen LogP contribution in [0.25, 0.3) is 11.6 Å². The number of likely N-dealkylation sites (tertiary alicyclic amines) is 1. The monoisotopic (exact) mass is 365 g/mol. The molecule has 0 aromatic heterocycles. The van der Waals surface area contributed by atoms with Crippen LogP contribution < -0.4 is 0 Å². The van der Waals surface area contributed by atoms with Gasteiger partial charge in [0.15, 0.2) is 0 Å². The second kappa shape index (κ2) is 10.0. The minimum absolute atomic E-state index is 0.239. The molecular weight excluding hydrogens is 338 g/mol. The minimum atomic E-state index is -0.683. The Labute approximate surface area is 161 Å². The van der Waals surface area contributed by atoms with Gasteiger partial charge in [-0.05, 0) is 42.2 Å². The summed E-state index contributed by atoms with van der Waals surface area (Å²) in [6, 6.07) is 20.5. The molecule has 3 rings (SSSR count). The molecule has 1 N–H and O–H groups in total. The van der Waals surface area contributed by atoms with E-state index in [9.17, 15) is 9.90 Å². The van der Waals surface area contributed by atoms with Gasteiger partial charge in [-0.2, -0.15) is 0 Å². The van der Waals surface area contributed by atoms with Crippen LogP contribution in [0.4, 0.5) is 0 Å². The Hall–Kier alpha value is -2.43. The van der Waals surface area contributed by atoms with Crippen LogP contribution in [0.1, 0.15) is 24.0 Å². The van der Waals surface area contributed by atoms with Gasteiger partial charge in [0.1, 0.15) is 0 Å². The van der Waals surface area contributed by atoms with Gasteiger partial charge in [0.05, 0.1) is 19.1 Å². The van der Waals surface area contributed by atoms with E-state index < -0.39 is 5.97 Å². The van der Waals surface area contributed by atoms with Crippen LogP contribution in [0, 0.1) is 5.92 Å². The van der Waals surface area contributed by atoms with E-state index in [4.69, 9.17) is 4.74 Å². The van der Waals surface area contributed by atoms with Crippen molar-refractivity contribution in [2.45, 2.75) is 12.8 Å². The highest BCUT2D eigenvalue weighted by Gasteiger charge is 2.24. The standard InChI is InChI=1S/C23H27NO3/c25-23(26)21-12-7-13-24(17-21)14-15-27-18-22(20-10-5-2-6-11-20)16-19-8-3-1-4-9-19/h1-6,8-11,16,21H,7,12-15,17-18H2,(H,25,26)/t21-/m1/s1. The van der Waals surface area contributed by atoms with Gasteiger partial charge in [-0.3, -0.25) is 4.79 Å². The maximum Gasteiger partial charge on any atom is 0.307 e. The molecule has 4 nitrogen and oxygen atoms in total. The van der Waals surface area contributed by atoms with Gasteiger partial charge in [-0.1, -0.05) is 60.7 Å². The number of benzene rings is 2. The normalized spacial score (nSPS) is 18.4. The number of carbonyl (C=O) groups is 1. The van der Waals surface area contributed by atoms with Crippen LogP contribution in [0.15, 0.2) is 60.7 Å². The number of ether oxygens (including phenoxy) is 1. The van der Waals surface area contributed by atoms with E-state index in [-0.39, 0.29) is 5.92 Å². The molecule has 0 amide bonds. The molecule has 4 heteroatoms. The number of carboxylic acid groups (broad SMARTS) is 1. The lowest BCUT2D eigenvalue weighted by Crippen LogP contribution is -2.40. The number of aliphatic carboxylic acids is 1. The van der Waals surface area contributed by atoms with E-state index in [0.29, 0.717) is 19.8 Å². The molecule has 1 heterocycles. The van der Waals surface area contributed by atoms with E-state index in [1.54, 1.807) is 0 Å². The molecular formula is C23H27NO3. The summed E-state index contributed by atoms with van der Waals surface area (Å²) >= 11 is 0. The third-order valence-electron chi connectivity index (χ3n) is 4.95. The molecule has 27 heavy (non-hydrogen) atoms. The van der Waals surface area contributed by atoms with Crippen LogP contribution in [0.3, 0.4) is 0 Å². The average Bonchev–Trinajstić information content (AvgIpc) is 2.72. The average molecular weight is 365 g/mol. The van der Waals surface area contributed by atoms with Crippen molar-refractivity contribution in [3.8, 4) is 0 Å². The SMILES string of the molecule is O=C(O)[C@@H]1CCCN(CCOCC(=Cc2ccccc2)c2ccccc2)C1. The maximum absolute atomic E-state index is 11.2. The van der Waals surface area contributed by atoms with Crippen LogP contribution in [-0.2, 0) is 9.53 Å². The summed E-state index contributed by atoms with van der Waals surface area (Å²) in [6.07, 6.45) is 3.89. The predicted molar refractivity (Wildman–Crippen MR) is 108 cm³/mol. The molecule has 1 aliphatic rings. The van der Waals surface area contributed by atoms with E-state index in [1.807, 2.05) is 36.4 Å². The Balaban J connectivity index is 1.56. The lowest BCUT2D eigenvalue weighted by Gasteiger charge is -2.30. The van der Waals surface area contributed by atoms with Crippen LogP contribution >= 0.6 is 0 Å². The van der Waals surface area contributed by atoms with Crippen molar-refractivity contribution >= 4 is 17.6 Å². The molecule has 2 aromatic rings. The first kappa shape index (κ1) is 19.3. The topological polar surface area (TPSA) is 49.8 Å². The zero-order valence-corrected chi connectivity index (χ0v) is 15.6. The van der Waals surface area contributed by atoms with Gasteiger partial charge >= 0.3 is 5.97 Å². The van der Waals surface area contributed by atoms with Crippen molar-refractivity contribution in [1.82, 2.24) is 4.90 Å². The van der Waals surface area contributed by atoms with Gasteiger partial charge in [-0.25, -0.2) is 0 Å². The number of hydrogen-bond donors (Lipinski definition) is 1. The first-order valence-corrected chi connectivity index (χ1v) is 9.56. The molecule has 2 aromatic carbocycles. The van der Waals surface area contributed by atoms with Crippen molar-refractivity contribution < 1.29 is 14.6 Å². The summed E-state index contributed by atoms with van der Waals surface area (Å²) in [5.41, 5.74) is 3.45. The van der Waals surface area contributed by atoms with Crippen molar-refractivity contribution in [2.75, 3.05) is 32.8 Å². The van der Waals surface area contributed by atoms with E-state index >= 15 is 0 Å². The van der Waals surface area contributed by atoms with E-state index in [1.165, 1.54) is 0 Å². The maximum atomic E-state index is 11.2. The predicted octanol–water partition coefficient (Wildman–Crippen LogP) is 4.04. The van der Waals surface area contributed by atoms with Crippen LogP contribution in [0.5, 0.6) is 0 Å². The third kappa shape index (κ3) is 6.05. The summed E-state index contributed by atoms with van der Waals surface area (Å²) in [4.78, 5) is 13.4. The van der Waals surface area contributed by atoms with Crippen molar-refractivity contribution in [3.63, 3.8) is 0 Å². The molecule has 0 radical (unpaired) electrons. The zero-order chi connectivity index (χ0) is 18.9. The highest BCUT2D eigenvalue weighted by atomic mass is 16.5. The van der Waals surface area contributed by atoms with E-state index in [2.05, 4.69) is 35.2 Å². The lowest BCUT2D eigenvalue weighted by atomic mass is 9.98. The second-order valence-electron chi connectivity index (χ2n) is 6.98. The number of piperidine rings is 1. The molecule has 0 spiro atoms. The second-order valence-corrected chi connectivity index (χ2v) is 6.98. The lowest BCUT2D eigenvalue weighted by molar-refractivity contribution is -0.143. The number of carboxylic acids is 1. The van der Waals surface area contributed by atoms with Gasteiger partial charge in [0, 0.05) is 13.1 Å². The summed E-state index contributed by atoms with van der Waals surface area (Å²) in [5.74, 6) is -0.922. The molecule has 0 saturated carbocycles. The Kier molecular flexibility index (Phi) is 7.19. The van der Waals surface area contributed by atoms with Crippen LogP contribution in [0.2, 0.25) is 0 Å². The first-order chi connectivity index (χ1) is 13.2. The molecule has 0 unspecified atom stereocenters. The Morgan fingerprint density at radius 2 is 1.81 bits per heavy atom. The molecule has 1 fully saturated rings. The third-order valence-corrected chi connectivity index (χ3v) is 4.95. The van der Waals surface area contributed by atoms with Gasteiger partial charge in [-0.15, -0.1) is 0 Å². The largest absolute Gasteiger partial charge is 0.481 e. The molecule has 1 atom stereocenters. The van der Waals surface area contributed by atoms with E-state index in [0.717, 1.165) is 42.6 Å². The summed E-state index contributed by atoms with van der Waals surface area (Å²) in [6.45, 7) is 3.50. The van der Waals surface area contributed by atoms with Crippen molar-refractivity contribution in [3.05, 3.63) is 71.8 Å². The van der Waals surface area contributed by atoms with Crippen molar-refractivity contribution in [2.24, 2.45) is 5.92 Å². The van der Waals surface area contributed by atoms with Crippen LogP contribution in [-0.4, -0.2) is 48.8 Å². The van der Waals surface area contributed by atoms with Gasteiger partial charge in [0.2, 0.25) is 0 Å². The summed E-state index contributed by atoms with van der Waals surface area (Å²) in [7, 11) is 0. The molecule has 0 aliphatic carbocycles. The number of nitrogens with zero attached hydrogens (tertiary/aromatic N) is 1. The van der Waals surface area contributed by atoms with Gasteiger partial charge < -0.3 is 14.7 Å². The summed E-state index contributed by atoms with van der Waals surface area (Å²) < 4.78 is 5.96. The molecule has 142 valence electrons. The van der Waals surface area contributed by atoms with Crippen molar-refractivity contribution in [1.29, 1.82) is 0 Å². The number of hydrogen-bond acceptors (Lipinski definition) is 3.